The highest BCUT2D eigenvalue weighted by atomic mass is 16.6. The Morgan fingerprint density at radius 2 is 1.05 bits per heavy atom. The van der Waals surface area contributed by atoms with E-state index in [2.05, 4.69) is 4.98 Å². The Morgan fingerprint density at radius 3 is 1.40 bits per heavy atom. The highest BCUT2D eigenvalue weighted by Crippen LogP contribution is 2.38. The molecule has 0 amide bonds. The van der Waals surface area contributed by atoms with E-state index in [0.29, 0.717) is 22.5 Å². The van der Waals surface area contributed by atoms with Crippen molar-refractivity contribution in [3.05, 3.63) is 67.3 Å². The van der Waals surface area contributed by atoms with Gasteiger partial charge in [0.25, 0.3) is 0 Å². The zero-order valence-electron chi connectivity index (χ0n) is 25.1. The van der Waals surface area contributed by atoms with Crippen LogP contribution in [-0.2, 0) is 9.47 Å². The van der Waals surface area contributed by atoms with Gasteiger partial charge in [0, 0.05) is 57.8 Å². The number of carbonyl (C=O) groups excluding carboxylic acids is 2. The highest BCUT2D eigenvalue weighted by Gasteiger charge is 2.24. The van der Waals surface area contributed by atoms with Crippen LogP contribution in [0.2, 0.25) is 0 Å². The standard InChI is InChI=1S/C33H35N3O6/c1-32(2,3)41-30(37)35-18-26(24-14-22(39-7)9-11-28(24)35)20-13-21(17-34-16-20)27-19-36(31(38)42-33(4,5)6)29-12-10-23(40-8)15-25(27)29/h9-19H,1-8H3. The number of carbonyl (C=O) groups is 2. The minimum absolute atomic E-state index is 0.486. The van der Waals surface area contributed by atoms with Crippen LogP contribution < -0.4 is 9.47 Å². The van der Waals surface area contributed by atoms with Crippen LogP contribution in [-0.4, -0.2) is 51.7 Å². The van der Waals surface area contributed by atoms with E-state index < -0.39 is 23.4 Å². The molecular weight excluding hydrogens is 534 g/mol. The number of aromatic nitrogens is 3. The van der Waals surface area contributed by atoms with E-state index in [1.807, 2.05) is 71.9 Å². The van der Waals surface area contributed by atoms with E-state index in [9.17, 15) is 9.59 Å². The van der Waals surface area contributed by atoms with Gasteiger partial charge in [0.2, 0.25) is 0 Å². The van der Waals surface area contributed by atoms with Gasteiger partial charge in [0.05, 0.1) is 25.3 Å². The first-order valence-corrected chi connectivity index (χ1v) is 13.6. The van der Waals surface area contributed by atoms with Crippen LogP contribution in [0.5, 0.6) is 11.5 Å². The number of methoxy groups -OCH3 is 2. The summed E-state index contributed by atoms with van der Waals surface area (Å²) >= 11 is 0. The molecule has 3 heterocycles. The largest absolute Gasteiger partial charge is 0.497 e. The van der Waals surface area contributed by atoms with Gasteiger partial charge in [-0.15, -0.1) is 0 Å². The average molecular weight is 570 g/mol. The van der Waals surface area contributed by atoms with Crippen LogP contribution in [0, 0.1) is 0 Å². The third kappa shape index (κ3) is 5.68. The molecule has 3 aromatic heterocycles. The van der Waals surface area contributed by atoms with Gasteiger partial charge in [0.15, 0.2) is 0 Å². The molecule has 0 bridgehead atoms. The predicted molar refractivity (Wildman–Crippen MR) is 162 cm³/mol. The van der Waals surface area contributed by atoms with E-state index >= 15 is 0 Å². The first kappa shape index (κ1) is 28.7. The van der Waals surface area contributed by atoms with E-state index in [4.69, 9.17) is 18.9 Å². The third-order valence-electron chi connectivity index (χ3n) is 6.56. The molecule has 0 radical (unpaired) electrons. The van der Waals surface area contributed by atoms with Crippen molar-refractivity contribution >= 4 is 34.0 Å². The molecule has 9 nitrogen and oxygen atoms in total. The Bertz CT molecular complexity index is 1690. The molecule has 218 valence electrons. The predicted octanol–water partition coefficient (Wildman–Crippen LogP) is 7.91. The van der Waals surface area contributed by atoms with Crippen molar-refractivity contribution in [3.63, 3.8) is 0 Å². The summed E-state index contributed by atoms with van der Waals surface area (Å²) in [5, 5.41) is 1.61. The molecule has 0 saturated heterocycles. The lowest BCUT2D eigenvalue weighted by molar-refractivity contribution is 0.0533. The van der Waals surface area contributed by atoms with Gasteiger partial charge >= 0.3 is 12.2 Å². The second-order valence-electron chi connectivity index (χ2n) is 12.0. The molecule has 0 atom stereocenters. The summed E-state index contributed by atoms with van der Waals surface area (Å²) < 4.78 is 25.3. The first-order valence-electron chi connectivity index (χ1n) is 13.6. The summed E-state index contributed by atoms with van der Waals surface area (Å²) in [5.74, 6) is 1.31. The molecule has 42 heavy (non-hydrogen) atoms. The molecule has 0 unspecified atom stereocenters. The monoisotopic (exact) mass is 569 g/mol. The van der Waals surface area contributed by atoms with Gasteiger partial charge in [-0.25, -0.2) is 9.59 Å². The maximum Gasteiger partial charge on any atom is 0.419 e. The summed E-state index contributed by atoms with van der Waals surface area (Å²) in [5.41, 5.74) is 3.13. The third-order valence-corrected chi connectivity index (χ3v) is 6.56. The fraction of sp³-hybridized carbons (Fsp3) is 0.303. The number of nitrogens with zero attached hydrogens (tertiary/aromatic N) is 3. The van der Waals surface area contributed by atoms with Crippen molar-refractivity contribution in [1.82, 2.24) is 14.1 Å². The molecule has 9 heteroatoms. The molecule has 5 rings (SSSR count). The van der Waals surface area contributed by atoms with Crippen molar-refractivity contribution in [2.24, 2.45) is 0 Å². The van der Waals surface area contributed by atoms with E-state index in [-0.39, 0.29) is 0 Å². The van der Waals surface area contributed by atoms with Crippen LogP contribution in [0.1, 0.15) is 41.5 Å². The summed E-state index contributed by atoms with van der Waals surface area (Å²) in [6.45, 7) is 11.0. The summed E-state index contributed by atoms with van der Waals surface area (Å²) in [6, 6.07) is 13.0. The fourth-order valence-electron chi connectivity index (χ4n) is 4.79. The molecule has 0 fully saturated rings. The molecule has 2 aromatic carbocycles. The van der Waals surface area contributed by atoms with Crippen LogP contribution >= 0.6 is 0 Å². The highest BCUT2D eigenvalue weighted by molar-refractivity contribution is 6.04. The summed E-state index contributed by atoms with van der Waals surface area (Å²) in [4.78, 5) is 30.9. The van der Waals surface area contributed by atoms with Crippen LogP contribution in [0.4, 0.5) is 9.59 Å². The lowest BCUT2D eigenvalue weighted by atomic mass is 10.0. The van der Waals surface area contributed by atoms with Gasteiger partial charge in [-0.3, -0.25) is 14.1 Å². The quantitative estimate of drug-likeness (QED) is 0.217. The van der Waals surface area contributed by atoms with Gasteiger partial charge in [-0.05, 0) is 84.0 Å². The molecule has 0 N–H and O–H groups in total. The van der Waals surface area contributed by atoms with Crippen LogP contribution in [0.3, 0.4) is 0 Å². The summed E-state index contributed by atoms with van der Waals surface area (Å²) in [6.07, 6.45) is 6.02. The minimum Gasteiger partial charge on any atom is -0.497 e. The maximum atomic E-state index is 13.2. The Hall–Kier alpha value is -4.79. The Kier molecular flexibility index (Phi) is 7.22. The molecule has 5 aromatic rings. The van der Waals surface area contributed by atoms with E-state index in [1.54, 1.807) is 51.1 Å². The topological polar surface area (TPSA) is 93.8 Å². The Labute approximate surface area is 244 Å². The summed E-state index contributed by atoms with van der Waals surface area (Å²) in [7, 11) is 3.20. The number of fused-ring (bicyclic) bond motifs is 2. The fourth-order valence-corrected chi connectivity index (χ4v) is 4.79. The van der Waals surface area contributed by atoms with Crippen LogP contribution in [0.25, 0.3) is 44.1 Å². The lowest BCUT2D eigenvalue weighted by Gasteiger charge is -2.19. The van der Waals surface area contributed by atoms with Gasteiger partial charge < -0.3 is 18.9 Å². The maximum absolute atomic E-state index is 13.2. The number of ether oxygens (including phenoxy) is 4. The van der Waals surface area contributed by atoms with Crippen molar-refractivity contribution in [2.45, 2.75) is 52.7 Å². The van der Waals surface area contributed by atoms with Gasteiger partial charge in [0.1, 0.15) is 22.7 Å². The molecular formula is C33H35N3O6. The zero-order valence-corrected chi connectivity index (χ0v) is 25.1. The smallest absolute Gasteiger partial charge is 0.419 e. The molecule has 0 aliphatic rings. The van der Waals surface area contributed by atoms with Crippen molar-refractivity contribution in [2.75, 3.05) is 14.2 Å². The zero-order chi connectivity index (χ0) is 30.4. The van der Waals surface area contributed by atoms with Crippen molar-refractivity contribution < 1.29 is 28.5 Å². The number of rotatable bonds is 4. The normalized spacial score (nSPS) is 12.0. The average Bonchev–Trinajstić information content (AvgIpc) is 3.50. The van der Waals surface area contributed by atoms with Crippen molar-refractivity contribution in [1.29, 1.82) is 0 Å². The Morgan fingerprint density at radius 1 is 0.643 bits per heavy atom. The van der Waals surface area contributed by atoms with Crippen molar-refractivity contribution in [3.8, 4) is 33.8 Å². The molecule has 0 aliphatic heterocycles. The number of pyridine rings is 1. The molecule has 0 saturated carbocycles. The second kappa shape index (κ2) is 10.6. The van der Waals surface area contributed by atoms with Gasteiger partial charge in [-0.1, -0.05) is 0 Å². The molecule has 0 aliphatic carbocycles. The van der Waals surface area contributed by atoms with Gasteiger partial charge in [-0.2, -0.15) is 0 Å². The van der Waals surface area contributed by atoms with E-state index in [1.165, 1.54) is 9.13 Å². The Balaban J connectivity index is 1.68. The SMILES string of the molecule is COc1ccc2c(c1)c(-c1cncc(-c3cn(C(=O)OC(C)(C)C)c4ccc(OC)cc34)c1)cn2C(=O)OC(C)(C)C. The second-order valence-corrected chi connectivity index (χ2v) is 12.0. The minimum atomic E-state index is -0.662. The molecule has 0 spiro atoms. The lowest BCUT2D eigenvalue weighted by Crippen LogP contribution is -2.26. The number of hydrogen-bond acceptors (Lipinski definition) is 7. The number of hydrogen-bond donors (Lipinski definition) is 0. The number of benzene rings is 2. The van der Waals surface area contributed by atoms with E-state index in [0.717, 1.165) is 33.0 Å². The van der Waals surface area contributed by atoms with Crippen LogP contribution in [0.15, 0.2) is 67.3 Å². The first-order chi connectivity index (χ1) is 19.8.